The number of rotatable bonds is 9. The zero-order valence-corrected chi connectivity index (χ0v) is 19.9. The van der Waals surface area contributed by atoms with Crippen LogP contribution in [0.5, 0.6) is 5.88 Å². The molecule has 4 heterocycles. The number of pyridine rings is 1. The minimum atomic E-state index is -0.690. The summed E-state index contributed by atoms with van der Waals surface area (Å²) in [4.78, 5) is 32.0. The van der Waals surface area contributed by atoms with Gasteiger partial charge >= 0.3 is 5.97 Å². The predicted octanol–water partition coefficient (Wildman–Crippen LogP) is 5.03. The second kappa shape index (κ2) is 10.1. The van der Waals surface area contributed by atoms with Gasteiger partial charge in [0.15, 0.2) is 11.7 Å². The van der Waals surface area contributed by atoms with Gasteiger partial charge in [0.1, 0.15) is 18.0 Å². The highest BCUT2D eigenvalue weighted by atomic mass is 16.5. The van der Waals surface area contributed by atoms with E-state index >= 15 is 0 Å². The van der Waals surface area contributed by atoms with Gasteiger partial charge in [0.2, 0.25) is 5.88 Å². The monoisotopic (exact) mass is 463 g/mol. The molecule has 8 nitrogen and oxygen atoms in total. The van der Waals surface area contributed by atoms with E-state index in [9.17, 15) is 4.79 Å². The van der Waals surface area contributed by atoms with Crippen LogP contribution in [0.3, 0.4) is 0 Å². The Balaban J connectivity index is 1.25. The molecular weight excluding hydrogens is 430 g/mol. The number of amidine groups is 1. The van der Waals surface area contributed by atoms with Gasteiger partial charge < -0.3 is 14.7 Å². The molecule has 0 saturated heterocycles. The van der Waals surface area contributed by atoms with Crippen LogP contribution < -0.4 is 9.64 Å². The highest BCUT2D eigenvalue weighted by Crippen LogP contribution is 2.40. The number of aliphatic carboxylic acids is 1. The Bertz CT molecular complexity index is 1060. The van der Waals surface area contributed by atoms with Crippen LogP contribution in [0.1, 0.15) is 87.7 Å². The third-order valence-electron chi connectivity index (χ3n) is 7.21. The minimum absolute atomic E-state index is 0.283. The zero-order chi connectivity index (χ0) is 23.5. The Labute approximate surface area is 200 Å². The molecule has 0 radical (unpaired) electrons. The van der Waals surface area contributed by atoms with Crippen molar-refractivity contribution in [1.29, 1.82) is 0 Å². The van der Waals surface area contributed by atoms with E-state index in [4.69, 9.17) is 24.8 Å². The molecule has 0 atom stereocenters. The number of hydrogen-bond acceptors (Lipinski definition) is 7. The fourth-order valence-corrected chi connectivity index (χ4v) is 5.27. The number of unbranched alkanes of at least 4 members (excludes halogenated alkanes) is 3. The van der Waals surface area contributed by atoms with E-state index in [1.165, 1.54) is 19.3 Å². The number of hydrogen-bond donors (Lipinski definition) is 1. The molecule has 3 aliphatic rings. The Kier molecular flexibility index (Phi) is 6.74. The van der Waals surface area contributed by atoms with Gasteiger partial charge in [-0.25, -0.2) is 9.98 Å². The quantitative estimate of drug-likeness (QED) is 0.520. The number of aryl methyl sites for hydroxylation is 1. The largest absolute Gasteiger partial charge is 0.481 e. The molecule has 1 aliphatic carbocycles. The smallest absolute Gasteiger partial charge is 0.303 e. The summed E-state index contributed by atoms with van der Waals surface area (Å²) in [6.45, 7) is 3.43. The lowest BCUT2D eigenvalue weighted by molar-refractivity contribution is -0.138. The molecule has 2 aromatic heterocycles. The summed E-state index contributed by atoms with van der Waals surface area (Å²) in [5.41, 5.74) is 3.00. The number of anilines is 1. The van der Waals surface area contributed by atoms with Crippen LogP contribution in [0.4, 0.5) is 11.5 Å². The second-order valence-electron chi connectivity index (χ2n) is 9.65. The molecular formula is C26H33N5O3. The van der Waals surface area contributed by atoms with Gasteiger partial charge in [-0.05, 0) is 50.2 Å². The third kappa shape index (κ3) is 4.76. The van der Waals surface area contributed by atoms with Crippen LogP contribution in [-0.4, -0.2) is 45.0 Å². The maximum absolute atomic E-state index is 11.0. The molecule has 0 bridgehead atoms. The topological polar surface area (TPSA) is 101 Å². The van der Waals surface area contributed by atoms with Gasteiger partial charge in [-0.2, -0.15) is 4.98 Å². The van der Waals surface area contributed by atoms with Crippen LogP contribution in [0, 0.1) is 5.92 Å². The first-order valence-electron chi connectivity index (χ1n) is 12.7. The second-order valence-corrected chi connectivity index (χ2v) is 9.65. The van der Waals surface area contributed by atoms with Crippen LogP contribution in [-0.2, 0) is 11.2 Å². The molecule has 0 unspecified atom stereocenters. The summed E-state index contributed by atoms with van der Waals surface area (Å²) in [5, 5.41) is 9.03. The summed E-state index contributed by atoms with van der Waals surface area (Å²) in [6.07, 6.45) is 11.7. The molecule has 1 fully saturated rings. The summed E-state index contributed by atoms with van der Waals surface area (Å²) in [7, 11) is 0. The van der Waals surface area contributed by atoms with Crippen LogP contribution >= 0.6 is 0 Å². The van der Waals surface area contributed by atoms with Gasteiger partial charge in [-0.1, -0.05) is 26.2 Å². The summed E-state index contributed by atoms with van der Waals surface area (Å²) in [5.74, 6) is 3.10. The molecule has 1 N–H and O–H groups in total. The predicted molar refractivity (Wildman–Crippen MR) is 130 cm³/mol. The molecule has 0 aromatic carbocycles. The SMILES string of the molecule is CCCCCCc1nc2c3c(n1)OCCN(c1ccc([C@H]4CC[C@H](CC(=O)O)CC4)nc1)C3=N2. The highest BCUT2D eigenvalue weighted by Gasteiger charge is 2.35. The minimum Gasteiger partial charge on any atom is -0.481 e. The van der Waals surface area contributed by atoms with Gasteiger partial charge in [-0.3, -0.25) is 9.78 Å². The first-order valence-corrected chi connectivity index (χ1v) is 12.7. The highest BCUT2D eigenvalue weighted by molar-refractivity contribution is 6.20. The Morgan fingerprint density at radius 1 is 1.15 bits per heavy atom. The molecule has 180 valence electrons. The van der Waals surface area contributed by atoms with Crippen LogP contribution in [0.2, 0.25) is 0 Å². The summed E-state index contributed by atoms with van der Waals surface area (Å²) >= 11 is 0. The first kappa shape index (κ1) is 22.7. The van der Waals surface area contributed by atoms with Crippen molar-refractivity contribution in [3.8, 4) is 5.88 Å². The van der Waals surface area contributed by atoms with E-state index < -0.39 is 5.97 Å². The van der Waals surface area contributed by atoms with Crippen LogP contribution in [0.25, 0.3) is 0 Å². The molecule has 0 spiro atoms. The number of ether oxygens (including phenoxy) is 1. The van der Waals surface area contributed by atoms with Crippen LogP contribution in [0.15, 0.2) is 23.3 Å². The van der Waals surface area contributed by atoms with Gasteiger partial charge in [-0.15, -0.1) is 0 Å². The standard InChI is InChI=1S/C26H33N5O3/c1-2-3-4-5-6-21-28-24-23-25(30-24)31(13-14-34-26(23)29-21)19-11-12-20(27-16-19)18-9-7-17(8-10-18)15-22(32)33/h11-12,16-18H,2-10,13-15H2,1H3,(H,32,33)/t17-,18-. The van der Waals surface area contributed by atoms with Crippen molar-refractivity contribution in [3.05, 3.63) is 35.4 Å². The number of carboxylic acid groups (broad SMARTS) is 1. The van der Waals surface area contributed by atoms with E-state index in [0.29, 0.717) is 30.9 Å². The van der Waals surface area contributed by atoms with E-state index in [2.05, 4.69) is 28.9 Å². The molecule has 2 aromatic rings. The number of aromatic nitrogens is 3. The maximum atomic E-state index is 11.0. The number of carbonyl (C=O) groups is 1. The van der Waals surface area contributed by atoms with Gasteiger partial charge in [0.25, 0.3) is 0 Å². The fraction of sp³-hybridized carbons (Fsp3) is 0.577. The van der Waals surface area contributed by atoms with Crippen molar-refractivity contribution in [2.75, 3.05) is 18.1 Å². The Hall–Kier alpha value is -3.03. The van der Waals surface area contributed by atoms with Crippen molar-refractivity contribution < 1.29 is 14.6 Å². The van der Waals surface area contributed by atoms with Crippen molar-refractivity contribution in [2.24, 2.45) is 10.9 Å². The Morgan fingerprint density at radius 3 is 2.74 bits per heavy atom. The fourth-order valence-electron chi connectivity index (χ4n) is 5.27. The van der Waals surface area contributed by atoms with Gasteiger partial charge in [0, 0.05) is 24.5 Å². The average molecular weight is 464 g/mol. The van der Waals surface area contributed by atoms with Crippen molar-refractivity contribution in [1.82, 2.24) is 15.0 Å². The van der Waals surface area contributed by atoms with E-state index in [0.717, 1.165) is 72.9 Å². The molecule has 1 saturated carbocycles. The first-order chi connectivity index (χ1) is 16.6. The lowest BCUT2D eigenvalue weighted by atomic mass is 9.79. The van der Waals surface area contributed by atoms with Crippen molar-refractivity contribution in [2.45, 2.75) is 77.0 Å². The summed E-state index contributed by atoms with van der Waals surface area (Å²) < 4.78 is 6.00. The lowest BCUT2D eigenvalue weighted by Gasteiger charge is -2.29. The summed E-state index contributed by atoms with van der Waals surface area (Å²) in [6, 6.07) is 4.22. The number of carboxylic acids is 1. The molecule has 5 rings (SSSR count). The number of nitrogens with zero attached hydrogens (tertiary/aromatic N) is 5. The average Bonchev–Trinajstić information content (AvgIpc) is 2.98. The maximum Gasteiger partial charge on any atom is 0.303 e. The van der Waals surface area contributed by atoms with Crippen molar-refractivity contribution in [3.63, 3.8) is 0 Å². The molecule has 8 heteroatoms. The molecule has 2 aliphatic heterocycles. The van der Waals surface area contributed by atoms with E-state index in [1.807, 2.05) is 6.20 Å². The Morgan fingerprint density at radius 2 is 2.00 bits per heavy atom. The van der Waals surface area contributed by atoms with E-state index in [1.54, 1.807) is 0 Å². The van der Waals surface area contributed by atoms with Gasteiger partial charge in [0.05, 0.1) is 18.4 Å². The van der Waals surface area contributed by atoms with E-state index in [-0.39, 0.29) is 6.42 Å². The lowest BCUT2D eigenvalue weighted by Crippen LogP contribution is -2.36. The van der Waals surface area contributed by atoms with Crippen molar-refractivity contribution >= 4 is 23.3 Å². The number of aliphatic imine (C=N–C) groups is 1. The molecule has 0 amide bonds. The third-order valence-corrected chi connectivity index (χ3v) is 7.21. The normalized spacial score (nSPS) is 21.1. The molecule has 34 heavy (non-hydrogen) atoms. The zero-order valence-electron chi connectivity index (χ0n) is 19.9.